The summed E-state index contributed by atoms with van der Waals surface area (Å²) >= 11 is 3.42. The number of hydrogen-bond acceptors (Lipinski definition) is 2. The smallest absolute Gasteiger partial charge is 0.194 e. The zero-order chi connectivity index (χ0) is 13.4. The highest BCUT2D eigenvalue weighted by Gasteiger charge is 2.21. The van der Waals surface area contributed by atoms with Crippen LogP contribution in [0, 0.1) is 0 Å². The summed E-state index contributed by atoms with van der Waals surface area (Å²) in [4.78, 5) is 12.5. The molecule has 0 saturated carbocycles. The third-order valence-electron chi connectivity index (χ3n) is 3.28. The lowest BCUT2D eigenvalue weighted by Crippen LogP contribution is -2.05. The molecule has 1 unspecified atom stereocenters. The SMILES string of the molecule is CC1Cc2cc(C(=O)c3ccccc3Br)ccc2O1. The van der Waals surface area contributed by atoms with Crippen molar-refractivity contribution in [2.45, 2.75) is 19.4 Å². The number of carbonyl (C=O) groups excluding carboxylic acids is 1. The Balaban J connectivity index is 1.98. The van der Waals surface area contributed by atoms with Gasteiger partial charge in [-0.3, -0.25) is 4.79 Å². The van der Waals surface area contributed by atoms with Crippen LogP contribution in [0.3, 0.4) is 0 Å². The van der Waals surface area contributed by atoms with Crippen molar-refractivity contribution < 1.29 is 9.53 Å². The molecule has 2 aromatic rings. The van der Waals surface area contributed by atoms with Gasteiger partial charge in [-0.05, 0) is 42.8 Å². The van der Waals surface area contributed by atoms with Crippen molar-refractivity contribution in [1.29, 1.82) is 0 Å². The van der Waals surface area contributed by atoms with Crippen LogP contribution in [-0.2, 0) is 6.42 Å². The average Bonchev–Trinajstić information content (AvgIpc) is 2.77. The minimum atomic E-state index is 0.0369. The van der Waals surface area contributed by atoms with E-state index in [-0.39, 0.29) is 11.9 Å². The summed E-state index contributed by atoms with van der Waals surface area (Å²) in [6, 6.07) is 13.2. The lowest BCUT2D eigenvalue weighted by molar-refractivity contribution is 0.103. The first-order valence-corrected chi connectivity index (χ1v) is 7.03. The number of benzene rings is 2. The van der Waals surface area contributed by atoms with Gasteiger partial charge in [-0.1, -0.05) is 28.1 Å². The lowest BCUT2D eigenvalue weighted by atomic mass is 10.00. The maximum Gasteiger partial charge on any atom is 0.194 e. The van der Waals surface area contributed by atoms with Crippen LogP contribution in [0.15, 0.2) is 46.9 Å². The van der Waals surface area contributed by atoms with Gasteiger partial charge in [-0.15, -0.1) is 0 Å². The molecule has 96 valence electrons. The minimum absolute atomic E-state index is 0.0369. The van der Waals surface area contributed by atoms with Crippen LogP contribution in [-0.4, -0.2) is 11.9 Å². The largest absolute Gasteiger partial charge is 0.490 e. The van der Waals surface area contributed by atoms with E-state index in [4.69, 9.17) is 4.74 Å². The standard InChI is InChI=1S/C16H13BrO2/c1-10-8-12-9-11(6-7-15(12)19-10)16(18)13-4-2-3-5-14(13)17/h2-7,9-10H,8H2,1H3. The van der Waals surface area contributed by atoms with Gasteiger partial charge in [0.25, 0.3) is 0 Å². The molecule has 0 amide bonds. The maximum atomic E-state index is 12.5. The predicted molar refractivity (Wildman–Crippen MR) is 77.8 cm³/mol. The number of carbonyl (C=O) groups is 1. The van der Waals surface area contributed by atoms with Crippen LogP contribution in [0.5, 0.6) is 5.75 Å². The molecule has 1 atom stereocenters. The molecule has 1 heterocycles. The van der Waals surface area contributed by atoms with Gasteiger partial charge in [0.2, 0.25) is 0 Å². The van der Waals surface area contributed by atoms with Crippen LogP contribution < -0.4 is 4.74 Å². The number of ketones is 1. The molecule has 0 aromatic heterocycles. The fourth-order valence-electron chi connectivity index (χ4n) is 2.36. The van der Waals surface area contributed by atoms with E-state index in [1.54, 1.807) is 0 Å². The first-order valence-electron chi connectivity index (χ1n) is 6.24. The van der Waals surface area contributed by atoms with E-state index >= 15 is 0 Å². The van der Waals surface area contributed by atoms with Crippen LogP contribution in [0.1, 0.15) is 28.4 Å². The fourth-order valence-corrected chi connectivity index (χ4v) is 2.83. The molecular formula is C16H13BrO2. The summed E-state index contributed by atoms with van der Waals surface area (Å²) in [7, 11) is 0. The molecule has 1 aliphatic heterocycles. The molecule has 3 heteroatoms. The second kappa shape index (κ2) is 4.82. The monoisotopic (exact) mass is 316 g/mol. The highest BCUT2D eigenvalue weighted by atomic mass is 79.9. The first-order chi connectivity index (χ1) is 9.15. The van der Waals surface area contributed by atoms with Gasteiger partial charge in [0, 0.05) is 22.0 Å². The summed E-state index contributed by atoms with van der Waals surface area (Å²) in [6.07, 6.45) is 1.07. The minimum Gasteiger partial charge on any atom is -0.490 e. The molecule has 0 radical (unpaired) electrons. The third-order valence-corrected chi connectivity index (χ3v) is 3.97. The summed E-state index contributed by atoms with van der Waals surface area (Å²) in [5, 5.41) is 0. The second-order valence-corrected chi connectivity index (χ2v) is 5.62. The Bertz CT molecular complexity index is 649. The maximum absolute atomic E-state index is 12.5. The molecule has 0 saturated heterocycles. The van der Waals surface area contributed by atoms with Crippen molar-refractivity contribution in [2.75, 3.05) is 0 Å². The summed E-state index contributed by atoms with van der Waals surface area (Å²) in [5.41, 5.74) is 2.52. The normalized spacial score (nSPS) is 16.8. The Morgan fingerprint density at radius 3 is 2.84 bits per heavy atom. The number of rotatable bonds is 2. The zero-order valence-electron chi connectivity index (χ0n) is 10.5. The molecule has 0 aliphatic carbocycles. The molecule has 2 nitrogen and oxygen atoms in total. The highest BCUT2D eigenvalue weighted by Crippen LogP contribution is 2.30. The Morgan fingerprint density at radius 2 is 2.05 bits per heavy atom. The molecule has 0 N–H and O–H groups in total. The Hall–Kier alpha value is -1.61. The zero-order valence-corrected chi connectivity index (χ0v) is 12.1. The molecule has 0 fully saturated rings. The summed E-state index contributed by atoms with van der Waals surface area (Å²) in [5.74, 6) is 0.936. The summed E-state index contributed by atoms with van der Waals surface area (Å²) in [6.45, 7) is 2.04. The first kappa shape index (κ1) is 12.4. The van der Waals surface area contributed by atoms with Crippen molar-refractivity contribution >= 4 is 21.7 Å². The van der Waals surface area contributed by atoms with E-state index in [9.17, 15) is 4.79 Å². The highest BCUT2D eigenvalue weighted by molar-refractivity contribution is 9.10. The molecule has 0 bridgehead atoms. The van der Waals surface area contributed by atoms with Crippen LogP contribution in [0.25, 0.3) is 0 Å². The van der Waals surface area contributed by atoms with Gasteiger partial charge in [0.05, 0.1) is 0 Å². The molecule has 1 aliphatic rings. The van der Waals surface area contributed by atoms with Crippen molar-refractivity contribution in [2.24, 2.45) is 0 Å². The molecule has 19 heavy (non-hydrogen) atoms. The topological polar surface area (TPSA) is 26.3 Å². The van der Waals surface area contributed by atoms with Crippen LogP contribution >= 0.6 is 15.9 Å². The molecule has 0 spiro atoms. The van der Waals surface area contributed by atoms with Gasteiger partial charge in [-0.25, -0.2) is 0 Å². The number of ether oxygens (including phenoxy) is 1. The van der Waals surface area contributed by atoms with E-state index < -0.39 is 0 Å². The van der Waals surface area contributed by atoms with E-state index in [1.807, 2.05) is 49.4 Å². The molecular weight excluding hydrogens is 304 g/mol. The Labute approximate surface area is 120 Å². The van der Waals surface area contributed by atoms with E-state index in [1.165, 1.54) is 0 Å². The van der Waals surface area contributed by atoms with Gasteiger partial charge in [-0.2, -0.15) is 0 Å². The van der Waals surface area contributed by atoms with Gasteiger partial charge >= 0.3 is 0 Å². The van der Waals surface area contributed by atoms with Crippen LogP contribution in [0.2, 0.25) is 0 Å². The van der Waals surface area contributed by atoms with Crippen LogP contribution in [0.4, 0.5) is 0 Å². The van der Waals surface area contributed by atoms with Gasteiger partial charge in [0.15, 0.2) is 5.78 Å². The van der Waals surface area contributed by atoms with E-state index in [0.29, 0.717) is 11.1 Å². The molecule has 2 aromatic carbocycles. The van der Waals surface area contributed by atoms with Gasteiger partial charge < -0.3 is 4.74 Å². The van der Waals surface area contributed by atoms with Crippen molar-refractivity contribution in [3.05, 3.63) is 63.6 Å². The average molecular weight is 317 g/mol. The predicted octanol–water partition coefficient (Wildman–Crippen LogP) is 4.00. The number of fused-ring (bicyclic) bond motifs is 1. The quantitative estimate of drug-likeness (QED) is 0.783. The van der Waals surface area contributed by atoms with Crippen molar-refractivity contribution in [1.82, 2.24) is 0 Å². The number of hydrogen-bond donors (Lipinski definition) is 0. The van der Waals surface area contributed by atoms with E-state index in [0.717, 1.165) is 22.2 Å². The van der Waals surface area contributed by atoms with E-state index in [2.05, 4.69) is 15.9 Å². The molecule has 3 rings (SSSR count). The number of halogens is 1. The fraction of sp³-hybridized carbons (Fsp3) is 0.188. The van der Waals surface area contributed by atoms with Crippen molar-refractivity contribution in [3.63, 3.8) is 0 Å². The summed E-state index contributed by atoms with van der Waals surface area (Å²) < 4.78 is 6.47. The Kier molecular flexibility index (Phi) is 3.15. The van der Waals surface area contributed by atoms with Gasteiger partial charge in [0.1, 0.15) is 11.9 Å². The Morgan fingerprint density at radius 1 is 1.26 bits per heavy atom. The third kappa shape index (κ3) is 2.30. The lowest BCUT2D eigenvalue weighted by Gasteiger charge is -2.05. The van der Waals surface area contributed by atoms with Crippen molar-refractivity contribution in [3.8, 4) is 5.75 Å². The second-order valence-electron chi connectivity index (χ2n) is 4.76.